The first-order valence-electron chi connectivity index (χ1n) is 21.8. The molecule has 0 amide bonds. The molecule has 309 valence electrons. The molecule has 10 aromatic rings. The number of hydrogen-bond donors (Lipinski definition) is 0. The minimum atomic E-state index is -1.70. The summed E-state index contributed by atoms with van der Waals surface area (Å²) < 4.78 is 26.2. The molecule has 62 heavy (non-hydrogen) atoms. The van der Waals surface area contributed by atoms with Crippen molar-refractivity contribution in [1.29, 1.82) is 0 Å². The van der Waals surface area contributed by atoms with Gasteiger partial charge in [0.15, 0.2) is 0 Å². The topological polar surface area (TPSA) is 43.9 Å². The maximum Gasteiger partial charge on any atom is 0.120 e. The summed E-state index contributed by atoms with van der Waals surface area (Å²) in [5, 5.41) is 3.24. The van der Waals surface area contributed by atoms with E-state index in [2.05, 4.69) is 144 Å². The summed E-state index contributed by atoms with van der Waals surface area (Å²) in [5.41, 5.74) is 12.1. The van der Waals surface area contributed by atoms with Gasteiger partial charge in [0.2, 0.25) is 0 Å². The van der Waals surface area contributed by atoms with Gasteiger partial charge in [-0.3, -0.25) is 4.98 Å². The number of benzene rings is 7. The molecule has 0 saturated carbocycles. The third kappa shape index (κ3) is 8.78. The van der Waals surface area contributed by atoms with Crippen molar-refractivity contribution < 1.29 is 27.3 Å². The number of para-hydroxylation sites is 3. The molecule has 0 unspecified atom stereocenters. The van der Waals surface area contributed by atoms with Crippen LogP contribution in [0.3, 0.4) is 0 Å². The minimum Gasteiger partial charge on any atom is -0.501 e. The Morgan fingerprint density at radius 3 is 2.10 bits per heavy atom. The van der Waals surface area contributed by atoms with Gasteiger partial charge in [-0.2, -0.15) is 0 Å². The van der Waals surface area contributed by atoms with Gasteiger partial charge in [-0.05, 0) is 63.6 Å². The summed E-state index contributed by atoms with van der Waals surface area (Å²) in [5.74, 6) is 0.799. The molecular formula is C56H49IrN3OSi-2. The Bertz CT molecular complexity index is 3220. The first kappa shape index (κ1) is 39.9. The summed E-state index contributed by atoms with van der Waals surface area (Å²) in [6.45, 7) is 12.6. The average molecular weight is 1000 g/mol. The molecule has 1 radical (unpaired) electrons. The van der Waals surface area contributed by atoms with Crippen molar-refractivity contribution in [1.82, 2.24) is 14.5 Å². The molecule has 6 heteroatoms. The van der Waals surface area contributed by atoms with E-state index in [-0.39, 0.29) is 20.1 Å². The molecule has 0 bridgehead atoms. The maximum atomic E-state index is 8.75. The second-order valence-corrected chi connectivity index (χ2v) is 22.5. The van der Waals surface area contributed by atoms with Gasteiger partial charge in [0, 0.05) is 45.7 Å². The van der Waals surface area contributed by atoms with E-state index >= 15 is 0 Å². The number of rotatable bonds is 7. The van der Waals surface area contributed by atoms with Gasteiger partial charge >= 0.3 is 0 Å². The van der Waals surface area contributed by atoms with Crippen LogP contribution in [0.1, 0.15) is 29.1 Å². The largest absolute Gasteiger partial charge is 0.501 e. The molecule has 0 spiro atoms. The molecule has 3 aromatic heterocycles. The van der Waals surface area contributed by atoms with Crippen LogP contribution in [0.25, 0.3) is 83.6 Å². The van der Waals surface area contributed by atoms with Crippen molar-refractivity contribution in [2.75, 3.05) is 0 Å². The van der Waals surface area contributed by atoms with Crippen LogP contribution in [0.5, 0.6) is 0 Å². The Labute approximate surface area is 382 Å². The molecule has 0 aliphatic carbocycles. The Morgan fingerprint density at radius 1 is 0.677 bits per heavy atom. The fourth-order valence-corrected chi connectivity index (χ4v) is 9.34. The van der Waals surface area contributed by atoms with E-state index in [9.17, 15) is 0 Å². The molecule has 3 heterocycles. The molecule has 0 atom stereocenters. The van der Waals surface area contributed by atoms with Crippen LogP contribution in [0.15, 0.2) is 180 Å². The Hall–Kier alpha value is -6.17. The third-order valence-electron chi connectivity index (χ3n) is 10.8. The number of imidazole rings is 1. The predicted molar refractivity (Wildman–Crippen MR) is 258 cm³/mol. The average Bonchev–Trinajstić information content (AvgIpc) is 3.88. The van der Waals surface area contributed by atoms with Gasteiger partial charge < -0.3 is 14.0 Å². The molecule has 7 aromatic carbocycles. The van der Waals surface area contributed by atoms with Crippen LogP contribution in [0, 0.1) is 17.5 Å². The number of pyridine rings is 1. The molecular weight excluding hydrogens is 951 g/mol. The van der Waals surface area contributed by atoms with E-state index in [0.29, 0.717) is 0 Å². The van der Waals surface area contributed by atoms with Crippen molar-refractivity contribution >= 4 is 46.2 Å². The summed E-state index contributed by atoms with van der Waals surface area (Å²) in [4.78, 5) is 9.80. The van der Waals surface area contributed by atoms with Crippen LogP contribution >= 0.6 is 0 Å². The second kappa shape index (κ2) is 17.7. The van der Waals surface area contributed by atoms with Crippen LogP contribution in [-0.4, -0.2) is 22.6 Å². The van der Waals surface area contributed by atoms with Gasteiger partial charge in [-0.25, -0.2) is 0 Å². The molecule has 0 aliphatic heterocycles. The third-order valence-corrected chi connectivity index (χ3v) is 12.8. The standard InChI is InChI=1S/C37H23N2O.C19H26NSi.Ir/c1-3-12-25(13-4-1)27-22-23-28(26-14-5-2-6-15-26)34(24-27)39-33-20-9-8-19-32(33)38-37(39)31-18-11-17-30-29-16-7-10-21-35(29)40-36(30)31;1-19(2,3)13-16-12-17(15-10-8-7-9-11-15)20-14-18(16)21(4,5)6;/h1-17,19-24H;7-10,12,14H,13H2,1-6H3;/q2*-1;/i;13D2;. The summed E-state index contributed by atoms with van der Waals surface area (Å²) in [6, 6.07) is 64.6. The summed E-state index contributed by atoms with van der Waals surface area (Å²) in [6.07, 6.45) is 0.469. The van der Waals surface area contributed by atoms with Gasteiger partial charge in [-0.1, -0.05) is 166 Å². The first-order chi connectivity index (χ1) is 30.3. The number of aromatic nitrogens is 3. The van der Waals surface area contributed by atoms with E-state index in [1.54, 1.807) is 0 Å². The smallest absolute Gasteiger partial charge is 0.120 e. The number of fused-ring (bicyclic) bond motifs is 4. The van der Waals surface area contributed by atoms with E-state index in [1.165, 1.54) is 5.56 Å². The van der Waals surface area contributed by atoms with Crippen molar-refractivity contribution in [3.8, 4) is 50.6 Å². The fourth-order valence-electron chi connectivity index (χ4n) is 7.94. The molecule has 0 saturated heterocycles. The summed E-state index contributed by atoms with van der Waals surface area (Å²) >= 11 is 0. The van der Waals surface area contributed by atoms with Crippen molar-refractivity contribution in [3.05, 3.63) is 194 Å². The zero-order chi connectivity index (χ0) is 43.9. The van der Waals surface area contributed by atoms with Crippen LogP contribution in [-0.2, 0) is 26.5 Å². The quantitative estimate of drug-likeness (QED) is 0.118. The number of furan rings is 1. The Kier molecular flexibility index (Phi) is 11.4. The van der Waals surface area contributed by atoms with Crippen LogP contribution in [0.4, 0.5) is 0 Å². The fraction of sp³-hybridized carbons (Fsp3) is 0.143. The van der Waals surface area contributed by atoms with E-state index < -0.39 is 19.9 Å². The monoisotopic (exact) mass is 1000 g/mol. The predicted octanol–water partition coefficient (Wildman–Crippen LogP) is 14.4. The zero-order valence-electron chi connectivity index (χ0n) is 37.8. The van der Waals surface area contributed by atoms with Crippen molar-refractivity contribution in [2.45, 2.75) is 46.8 Å². The van der Waals surface area contributed by atoms with E-state index in [4.69, 9.17) is 12.1 Å². The number of nitrogens with zero attached hydrogens (tertiary/aromatic N) is 3. The van der Waals surface area contributed by atoms with E-state index in [0.717, 1.165) is 88.7 Å². The van der Waals surface area contributed by atoms with Gasteiger partial charge in [0.05, 0.1) is 30.5 Å². The zero-order valence-corrected chi connectivity index (χ0v) is 39.2. The molecule has 4 nitrogen and oxygen atoms in total. The second-order valence-electron chi connectivity index (χ2n) is 17.4. The molecule has 10 rings (SSSR count). The van der Waals surface area contributed by atoms with Crippen molar-refractivity contribution in [2.24, 2.45) is 5.41 Å². The van der Waals surface area contributed by atoms with Crippen LogP contribution < -0.4 is 5.19 Å². The SMILES string of the molecule is [2H]C([2H])(c1cc(-c2[c-]cccc2)ncc1[Si](C)(C)C)C(C)(C)C.[Ir].[c-]1ccc2c(oc3ccccc32)c1-c1nc2ccccc2n1-c1cc(-c2ccccc2)ccc1-c1ccccc1. The Morgan fingerprint density at radius 2 is 1.37 bits per heavy atom. The van der Waals surface area contributed by atoms with Crippen molar-refractivity contribution in [3.63, 3.8) is 0 Å². The first-order valence-corrected chi connectivity index (χ1v) is 24.3. The molecule has 0 aliphatic rings. The van der Waals surface area contributed by atoms with Gasteiger partial charge in [-0.15, -0.1) is 54.1 Å². The number of hydrogen-bond acceptors (Lipinski definition) is 3. The van der Waals surface area contributed by atoms with E-state index in [1.807, 2.05) is 93.7 Å². The van der Waals surface area contributed by atoms with Gasteiger partial charge in [0.25, 0.3) is 0 Å². The Balaban J connectivity index is 0.000000201. The van der Waals surface area contributed by atoms with Gasteiger partial charge in [0.1, 0.15) is 5.58 Å². The summed E-state index contributed by atoms with van der Waals surface area (Å²) in [7, 11) is -1.70. The maximum absolute atomic E-state index is 8.75. The normalized spacial score (nSPS) is 12.4. The van der Waals surface area contributed by atoms with Crippen LogP contribution in [0.2, 0.25) is 19.6 Å². The minimum absolute atomic E-state index is 0. The molecule has 0 fully saturated rings. The molecule has 0 N–H and O–H groups in total.